The van der Waals surface area contributed by atoms with Crippen molar-refractivity contribution in [2.24, 2.45) is 0 Å². The minimum absolute atomic E-state index is 0. The molecule has 0 unspecified atom stereocenters. The molecule has 0 aromatic heterocycles. The summed E-state index contributed by atoms with van der Waals surface area (Å²) < 4.78 is 1.48. The molecule has 0 aliphatic carbocycles. The van der Waals surface area contributed by atoms with Crippen LogP contribution in [-0.2, 0) is 0 Å². The van der Waals surface area contributed by atoms with Crippen molar-refractivity contribution < 1.29 is 4.48 Å². The summed E-state index contributed by atoms with van der Waals surface area (Å²) in [6, 6.07) is 0. The molecule has 0 saturated heterocycles. The monoisotopic (exact) mass is 498 g/mol. The highest BCUT2D eigenvalue weighted by Gasteiger charge is 2.25. The van der Waals surface area contributed by atoms with Crippen LogP contribution in [0.15, 0.2) is 0 Å². The van der Waals surface area contributed by atoms with Crippen molar-refractivity contribution in [1.29, 1.82) is 0 Å². The third-order valence-electron chi connectivity index (χ3n) is 7.94. The van der Waals surface area contributed by atoms with Gasteiger partial charge in [-0.1, -0.05) is 130 Å². The van der Waals surface area contributed by atoms with Crippen molar-refractivity contribution in [3.8, 4) is 0 Å². The van der Waals surface area contributed by atoms with Crippen LogP contribution in [0.4, 0.5) is 0 Å². The van der Waals surface area contributed by atoms with E-state index in [4.69, 9.17) is 0 Å². The average Bonchev–Trinajstić information content (AvgIpc) is 2.83. The Morgan fingerprint density at radius 3 is 0.647 bits per heavy atom. The molecule has 0 aliphatic heterocycles. The van der Waals surface area contributed by atoms with E-state index in [0.717, 1.165) is 0 Å². The topological polar surface area (TPSA) is 0 Å². The largest absolute Gasteiger partial charge is 0.324 e. The van der Waals surface area contributed by atoms with Gasteiger partial charge in [-0.05, 0) is 51.4 Å². The Morgan fingerprint density at radius 1 is 0.265 bits per heavy atom. The molecule has 0 rings (SSSR count). The van der Waals surface area contributed by atoms with Crippen LogP contribution < -0.4 is 0 Å². The first-order valence-electron chi connectivity index (χ1n) is 16.1. The Morgan fingerprint density at radius 2 is 0.441 bits per heavy atom. The first-order chi connectivity index (χ1) is 16.2. The molecule has 0 N–H and O–H groups in total. The predicted octanol–water partition coefficient (Wildman–Crippen LogP) is 9.79. The first-order valence-corrected chi connectivity index (χ1v) is 16.1. The molecule has 0 atom stereocenters. The summed E-state index contributed by atoms with van der Waals surface area (Å²) in [5.41, 5.74) is 0. The summed E-state index contributed by atoms with van der Waals surface area (Å²) in [4.78, 5) is 0. The van der Waals surface area contributed by atoms with E-state index in [9.17, 15) is 0 Å². The molecule has 0 aliphatic rings. The van der Waals surface area contributed by atoms with E-state index < -0.39 is 0 Å². The van der Waals surface area contributed by atoms with E-state index >= 15 is 0 Å². The number of hydrogen-bond donors (Lipinski definition) is 0. The van der Waals surface area contributed by atoms with Crippen molar-refractivity contribution in [2.75, 3.05) is 26.2 Å². The van der Waals surface area contributed by atoms with E-state index in [1.54, 1.807) is 0 Å². The molecular formula is C32H72AlN. The molecule has 0 amide bonds. The Hall–Kier alpha value is 0.492. The predicted molar refractivity (Wildman–Crippen MR) is 165 cm³/mol. The summed E-state index contributed by atoms with van der Waals surface area (Å²) in [5, 5.41) is 0. The van der Waals surface area contributed by atoms with Crippen LogP contribution in [0, 0.1) is 0 Å². The second kappa shape index (κ2) is 29.7. The van der Waals surface area contributed by atoms with Crippen LogP contribution in [-0.4, -0.2) is 48.0 Å². The lowest BCUT2D eigenvalue weighted by atomic mass is 10.0. The van der Waals surface area contributed by atoms with Crippen molar-refractivity contribution in [2.45, 2.75) is 182 Å². The molecule has 0 heterocycles. The fraction of sp³-hybridized carbons (Fsp3) is 1.00. The molecule has 34 heavy (non-hydrogen) atoms. The van der Waals surface area contributed by atoms with Crippen LogP contribution in [0.2, 0.25) is 0 Å². The van der Waals surface area contributed by atoms with E-state index in [1.807, 2.05) is 0 Å². The Labute approximate surface area is 229 Å². The zero-order valence-corrected chi connectivity index (χ0v) is 24.2. The third-order valence-corrected chi connectivity index (χ3v) is 7.94. The van der Waals surface area contributed by atoms with E-state index in [0.29, 0.717) is 0 Å². The molecule has 0 radical (unpaired) electrons. The zero-order chi connectivity index (χ0) is 24.3. The fourth-order valence-electron chi connectivity index (χ4n) is 5.58. The highest BCUT2D eigenvalue weighted by atomic mass is 27.0. The summed E-state index contributed by atoms with van der Waals surface area (Å²) in [7, 11) is 0. The second-order valence-electron chi connectivity index (χ2n) is 11.3. The van der Waals surface area contributed by atoms with Gasteiger partial charge in [-0.3, -0.25) is 0 Å². The smallest absolute Gasteiger partial charge is 0.0786 e. The summed E-state index contributed by atoms with van der Waals surface area (Å²) >= 11 is 0. The number of rotatable bonds is 28. The van der Waals surface area contributed by atoms with E-state index in [1.165, 1.54) is 185 Å². The fourth-order valence-corrected chi connectivity index (χ4v) is 5.58. The van der Waals surface area contributed by atoms with Crippen LogP contribution in [0.25, 0.3) is 0 Å². The molecule has 0 aromatic rings. The van der Waals surface area contributed by atoms with Gasteiger partial charge in [-0.15, -0.1) is 0 Å². The molecule has 0 saturated carbocycles. The summed E-state index contributed by atoms with van der Waals surface area (Å²) in [5.74, 6) is 0. The van der Waals surface area contributed by atoms with Crippen LogP contribution in [0.5, 0.6) is 0 Å². The normalized spacial score (nSPS) is 11.6. The van der Waals surface area contributed by atoms with Gasteiger partial charge < -0.3 is 4.48 Å². The highest BCUT2D eigenvalue weighted by Crippen LogP contribution is 2.20. The van der Waals surface area contributed by atoms with Gasteiger partial charge in [0.05, 0.1) is 26.2 Å². The van der Waals surface area contributed by atoms with Gasteiger partial charge in [0.1, 0.15) is 0 Å². The standard InChI is InChI=1S/C32H68N.Al.4H/c1-5-9-13-17-21-25-29-33(30-26-22-18-14-10-6-2,31-27-23-19-15-11-7-3)32-28-24-20-16-12-8-4;;;;;/h5-32H2,1-4H3;;;;;/q+1;-1;;;;. The van der Waals surface area contributed by atoms with Crippen molar-refractivity contribution in [3.05, 3.63) is 0 Å². The maximum Gasteiger partial charge on any atom is 0.0786 e. The molecular weight excluding hydrogens is 425 g/mol. The van der Waals surface area contributed by atoms with Crippen molar-refractivity contribution in [3.63, 3.8) is 0 Å². The minimum atomic E-state index is 0. The van der Waals surface area contributed by atoms with Crippen LogP contribution >= 0.6 is 0 Å². The van der Waals surface area contributed by atoms with Crippen molar-refractivity contribution in [1.82, 2.24) is 0 Å². The van der Waals surface area contributed by atoms with Gasteiger partial charge in [0.2, 0.25) is 0 Å². The van der Waals surface area contributed by atoms with Gasteiger partial charge in [0.25, 0.3) is 0 Å². The summed E-state index contributed by atoms with van der Waals surface area (Å²) in [6.07, 6.45) is 34.8. The van der Waals surface area contributed by atoms with Gasteiger partial charge in [0.15, 0.2) is 0 Å². The summed E-state index contributed by atoms with van der Waals surface area (Å²) in [6.45, 7) is 15.3. The van der Waals surface area contributed by atoms with Crippen LogP contribution in [0.3, 0.4) is 0 Å². The van der Waals surface area contributed by atoms with Crippen molar-refractivity contribution >= 4 is 17.4 Å². The zero-order valence-electron chi connectivity index (χ0n) is 24.2. The van der Waals surface area contributed by atoms with E-state index in [2.05, 4.69) is 27.7 Å². The molecule has 208 valence electrons. The number of nitrogens with zero attached hydrogens (tertiary/aromatic N) is 1. The number of hydrogen-bond acceptors (Lipinski definition) is 0. The molecule has 0 spiro atoms. The molecule has 1 nitrogen and oxygen atoms in total. The Balaban J connectivity index is 0. The average molecular weight is 498 g/mol. The molecule has 0 aromatic carbocycles. The van der Waals surface area contributed by atoms with Gasteiger partial charge in [-0.2, -0.15) is 0 Å². The maximum absolute atomic E-state index is 2.34. The second-order valence-corrected chi connectivity index (χ2v) is 11.3. The van der Waals surface area contributed by atoms with Crippen LogP contribution in [0.1, 0.15) is 182 Å². The van der Waals surface area contributed by atoms with Gasteiger partial charge in [-0.25, -0.2) is 0 Å². The quantitative estimate of drug-likeness (QED) is 0.0573. The maximum atomic E-state index is 2.34. The first kappa shape index (κ1) is 36.6. The molecule has 0 fully saturated rings. The number of unbranched alkanes of at least 4 members (excludes halogenated alkanes) is 20. The minimum Gasteiger partial charge on any atom is -0.324 e. The highest BCUT2D eigenvalue weighted by molar-refractivity contribution is 5.75. The lowest BCUT2D eigenvalue weighted by molar-refractivity contribution is -0.929. The molecule has 0 bridgehead atoms. The number of quaternary nitrogens is 1. The lowest BCUT2D eigenvalue weighted by Gasteiger charge is -2.40. The lowest BCUT2D eigenvalue weighted by Crippen LogP contribution is -2.50. The SMILES string of the molecule is CCCCCCCC[N+](CCCCCCCC)(CCCCCCCC)CCCCCCCC.[AlH4-]. The van der Waals surface area contributed by atoms with Gasteiger partial charge >= 0.3 is 0 Å². The van der Waals surface area contributed by atoms with E-state index in [-0.39, 0.29) is 17.4 Å². The molecule has 2 heteroatoms. The Bertz CT molecular complexity index is 287. The Kier molecular flexibility index (Phi) is 32.0. The van der Waals surface area contributed by atoms with Gasteiger partial charge in [0, 0.05) is 17.4 Å². The third kappa shape index (κ3) is 24.2.